The molecule has 0 bridgehead atoms. The van der Waals surface area contributed by atoms with Gasteiger partial charge in [-0.05, 0) is 111 Å². The van der Waals surface area contributed by atoms with E-state index in [1.165, 1.54) is 6.92 Å². The second-order valence-electron chi connectivity index (χ2n) is 20.0. The van der Waals surface area contributed by atoms with Crippen molar-refractivity contribution < 1.29 is 69.4 Å². The monoisotopic (exact) mass is 794 g/mol. The lowest BCUT2D eigenvalue weighted by atomic mass is 9.33. The molecule has 2 heterocycles. The SMILES string of the molecule is C[C@H]1[C@H](C)CC[C@]2(C(=O)O[C@H]3O[C@@H](C)[C@H](O)[C@@H](O)[C@H]3O)CC[C@]3(C(=O)O)C(=CC[C@@H]4[C@@]5(C)CCC(O[C@@H]6O[C@H](CO)[C@@H](O)[C@H](O)[C@H]6O)C(C)(C)[C@@H]5CC[C@]43C)[C@H]12. The third-order valence-electron chi connectivity index (χ3n) is 17.3. The van der Waals surface area contributed by atoms with E-state index in [2.05, 4.69) is 47.6 Å². The Kier molecular flexibility index (Phi) is 11.0. The molecule has 56 heavy (non-hydrogen) atoms. The van der Waals surface area contributed by atoms with Crippen LogP contribution in [0.25, 0.3) is 0 Å². The van der Waals surface area contributed by atoms with Crippen molar-refractivity contribution >= 4 is 11.9 Å². The van der Waals surface area contributed by atoms with E-state index < -0.39 is 108 Å². The van der Waals surface area contributed by atoms with Gasteiger partial charge in [-0.2, -0.15) is 0 Å². The van der Waals surface area contributed by atoms with Gasteiger partial charge in [0.05, 0.1) is 29.6 Å². The molecule has 14 nitrogen and oxygen atoms in total. The van der Waals surface area contributed by atoms with Gasteiger partial charge in [-0.3, -0.25) is 9.59 Å². The van der Waals surface area contributed by atoms with Crippen LogP contribution in [0.2, 0.25) is 0 Å². The standard InChI is InChI=1S/C42H66O14/c1-19-10-15-41(37(52)56-34-32(48)30(46)28(44)21(3)53-34)16-17-42(36(50)51)22(27(41)20(19)2)8-9-25-39(6)13-12-26(38(4,5)24(39)11-14-40(25,42)7)55-35-33(49)31(47)29(45)23(18-43)54-35/h8,19-21,23-35,43-49H,9-18H2,1-7H3,(H,50,51)/t19-,20+,21+,23-,24+,25-,26?,27+,28+,29-,30-,31+,32-,33-,34-,35+,39+,40-,41+,42-/m1/s1. The number of carboxylic acids is 1. The number of aliphatic carboxylic acids is 1. The number of fused-ring (bicyclic) bond motifs is 7. The molecule has 0 radical (unpaired) electrons. The smallest absolute Gasteiger partial charge is 0.315 e. The molecular formula is C42H66O14. The van der Waals surface area contributed by atoms with Gasteiger partial charge >= 0.3 is 11.9 Å². The van der Waals surface area contributed by atoms with E-state index >= 15 is 0 Å². The van der Waals surface area contributed by atoms with Crippen molar-refractivity contribution in [3.8, 4) is 0 Å². The van der Waals surface area contributed by atoms with Gasteiger partial charge in [0, 0.05) is 0 Å². The number of hydrogen-bond donors (Lipinski definition) is 8. The summed E-state index contributed by atoms with van der Waals surface area (Å²) in [5, 5.41) is 84.5. The van der Waals surface area contributed by atoms with Crippen molar-refractivity contribution in [1.29, 1.82) is 0 Å². The number of hydrogen-bond acceptors (Lipinski definition) is 13. The first-order valence-electron chi connectivity index (χ1n) is 20.9. The first kappa shape index (κ1) is 42.4. The average Bonchev–Trinajstić information content (AvgIpc) is 3.14. The molecule has 6 fully saturated rings. The highest BCUT2D eigenvalue weighted by Crippen LogP contribution is 2.76. The van der Waals surface area contributed by atoms with Gasteiger partial charge in [0.15, 0.2) is 6.29 Å². The van der Waals surface area contributed by atoms with Gasteiger partial charge in [0.2, 0.25) is 6.29 Å². The largest absolute Gasteiger partial charge is 0.481 e. The molecule has 8 N–H and O–H groups in total. The maximum atomic E-state index is 14.6. The lowest BCUT2D eigenvalue weighted by molar-refractivity contribution is -0.330. The summed E-state index contributed by atoms with van der Waals surface area (Å²) in [6.45, 7) is 14.0. The van der Waals surface area contributed by atoms with Crippen LogP contribution >= 0.6 is 0 Å². The van der Waals surface area contributed by atoms with E-state index in [0.29, 0.717) is 25.7 Å². The number of carbonyl (C=O) groups excluding carboxylic acids is 1. The molecule has 0 aromatic rings. The van der Waals surface area contributed by atoms with Gasteiger partial charge < -0.3 is 59.8 Å². The van der Waals surface area contributed by atoms with Crippen LogP contribution in [0, 0.1) is 56.7 Å². The van der Waals surface area contributed by atoms with E-state index in [-0.39, 0.29) is 48.0 Å². The van der Waals surface area contributed by atoms with Crippen molar-refractivity contribution in [2.24, 2.45) is 56.7 Å². The van der Waals surface area contributed by atoms with Crippen molar-refractivity contribution in [3.63, 3.8) is 0 Å². The molecule has 2 saturated heterocycles. The topological polar surface area (TPSA) is 233 Å². The maximum absolute atomic E-state index is 14.6. The Hall–Kier alpha value is -1.72. The van der Waals surface area contributed by atoms with Crippen LogP contribution in [0.15, 0.2) is 11.6 Å². The van der Waals surface area contributed by atoms with Crippen LogP contribution < -0.4 is 0 Å². The molecule has 0 spiro atoms. The third-order valence-corrected chi connectivity index (χ3v) is 17.3. The first-order valence-corrected chi connectivity index (χ1v) is 20.9. The quantitative estimate of drug-likeness (QED) is 0.110. The van der Waals surface area contributed by atoms with Crippen LogP contribution in [-0.2, 0) is 28.5 Å². The summed E-state index contributed by atoms with van der Waals surface area (Å²) >= 11 is 0. The Morgan fingerprint density at radius 2 is 1.43 bits per heavy atom. The molecule has 7 rings (SSSR count). The summed E-state index contributed by atoms with van der Waals surface area (Å²) in [5.41, 5.74) is -2.92. The predicted octanol–water partition coefficient (Wildman–Crippen LogP) is 2.26. The molecule has 5 aliphatic carbocycles. The molecule has 0 aromatic carbocycles. The molecule has 14 heteroatoms. The fourth-order valence-electron chi connectivity index (χ4n) is 13.9. The van der Waals surface area contributed by atoms with Crippen LogP contribution in [0.1, 0.15) is 106 Å². The number of carboxylic acid groups (broad SMARTS) is 1. The van der Waals surface area contributed by atoms with Crippen LogP contribution in [0.3, 0.4) is 0 Å². The molecule has 20 atom stereocenters. The van der Waals surface area contributed by atoms with E-state index in [1.807, 2.05) is 0 Å². The highest BCUT2D eigenvalue weighted by molar-refractivity contribution is 5.85. The minimum Gasteiger partial charge on any atom is -0.481 e. The van der Waals surface area contributed by atoms with Crippen molar-refractivity contribution in [2.45, 2.75) is 174 Å². The summed E-state index contributed by atoms with van der Waals surface area (Å²) in [4.78, 5) is 28.8. The summed E-state index contributed by atoms with van der Waals surface area (Å²) in [6, 6.07) is 0. The highest BCUT2D eigenvalue weighted by atomic mass is 16.7. The number of rotatable bonds is 6. The fourth-order valence-corrected chi connectivity index (χ4v) is 13.9. The lowest BCUT2D eigenvalue weighted by Crippen LogP contribution is -2.68. The van der Waals surface area contributed by atoms with Gasteiger partial charge in [-0.25, -0.2) is 0 Å². The normalized spacial score (nSPS) is 54.0. The molecule has 318 valence electrons. The molecule has 2 aliphatic heterocycles. The molecule has 0 amide bonds. The molecular weight excluding hydrogens is 728 g/mol. The minimum atomic E-state index is -1.65. The zero-order valence-electron chi connectivity index (χ0n) is 33.9. The zero-order chi connectivity index (χ0) is 41.1. The molecule has 4 saturated carbocycles. The summed E-state index contributed by atoms with van der Waals surface area (Å²) in [5.74, 6) is -1.63. The van der Waals surface area contributed by atoms with Gasteiger partial charge in [-0.15, -0.1) is 0 Å². The van der Waals surface area contributed by atoms with Gasteiger partial charge in [0.25, 0.3) is 0 Å². The van der Waals surface area contributed by atoms with Crippen molar-refractivity contribution in [2.75, 3.05) is 6.61 Å². The number of ether oxygens (including phenoxy) is 4. The Morgan fingerprint density at radius 1 is 0.768 bits per heavy atom. The first-order chi connectivity index (χ1) is 26.1. The summed E-state index contributed by atoms with van der Waals surface area (Å²) < 4.78 is 23.9. The Labute approximate surface area is 329 Å². The predicted molar refractivity (Wildman–Crippen MR) is 198 cm³/mol. The fraction of sp³-hybridized carbons (Fsp3) is 0.905. The van der Waals surface area contributed by atoms with E-state index in [4.69, 9.17) is 18.9 Å². The second kappa shape index (κ2) is 14.5. The Bertz CT molecular complexity index is 1550. The summed E-state index contributed by atoms with van der Waals surface area (Å²) in [7, 11) is 0. The Balaban J connectivity index is 1.21. The Morgan fingerprint density at radius 3 is 2.09 bits per heavy atom. The van der Waals surface area contributed by atoms with Crippen LogP contribution in [-0.4, -0.2) is 127 Å². The van der Waals surface area contributed by atoms with Crippen molar-refractivity contribution in [3.05, 3.63) is 11.6 Å². The average molecular weight is 795 g/mol. The molecule has 1 unspecified atom stereocenters. The van der Waals surface area contributed by atoms with Gasteiger partial charge in [0.1, 0.15) is 42.7 Å². The highest BCUT2D eigenvalue weighted by Gasteiger charge is 2.74. The third kappa shape index (κ3) is 5.85. The van der Waals surface area contributed by atoms with Crippen LogP contribution in [0.4, 0.5) is 0 Å². The lowest BCUT2D eigenvalue weighted by Gasteiger charge is -2.70. The number of aliphatic hydroxyl groups is 7. The molecule has 7 aliphatic rings. The van der Waals surface area contributed by atoms with Gasteiger partial charge in [-0.1, -0.05) is 53.2 Å². The molecule has 0 aromatic heterocycles. The van der Waals surface area contributed by atoms with E-state index in [1.54, 1.807) is 0 Å². The number of carbonyl (C=O) groups is 2. The minimum absolute atomic E-state index is 0.0166. The van der Waals surface area contributed by atoms with Crippen LogP contribution in [0.5, 0.6) is 0 Å². The number of esters is 1. The van der Waals surface area contributed by atoms with E-state index in [0.717, 1.165) is 24.8 Å². The van der Waals surface area contributed by atoms with Crippen molar-refractivity contribution in [1.82, 2.24) is 0 Å². The number of allylic oxidation sites excluding steroid dienone is 1. The zero-order valence-corrected chi connectivity index (χ0v) is 33.9. The summed E-state index contributed by atoms with van der Waals surface area (Å²) in [6.07, 6.45) is -6.97. The second-order valence-corrected chi connectivity index (χ2v) is 20.0. The number of aliphatic hydroxyl groups excluding tert-OH is 7. The van der Waals surface area contributed by atoms with E-state index in [9.17, 15) is 50.4 Å². The maximum Gasteiger partial charge on any atom is 0.315 e.